The topological polar surface area (TPSA) is 125 Å². The molecule has 0 aliphatic rings. The second kappa shape index (κ2) is 9.32. The molecule has 0 aliphatic carbocycles. The van der Waals surface area contributed by atoms with Crippen LogP contribution in [0.3, 0.4) is 0 Å². The monoisotopic (exact) mass is 415 g/mol. The van der Waals surface area contributed by atoms with Gasteiger partial charge in [0.25, 0.3) is 5.91 Å². The number of nitrogens with zero attached hydrogens (tertiary/aromatic N) is 1. The molecule has 0 radical (unpaired) electrons. The minimum Gasteiger partial charge on any atom is -0.452 e. The lowest BCUT2D eigenvalue weighted by atomic mass is 10.1. The highest BCUT2D eigenvalue weighted by Gasteiger charge is 2.21. The van der Waals surface area contributed by atoms with Gasteiger partial charge >= 0.3 is 5.97 Å². The first-order valence-electron chi connectivity index (χ1n) is 8.70. The largest absolute Gasteiger partial charge is 0.452 e. The van der Waals surface area contributed by atoms with Crippen LogP contribution in [0.2, 0.25) is 0 Å². The molecule has 0 bridgehead atoms. The minimum absolute atomic E-state index is 0.0926. The van der Waals surface area contributed by atoms with Gasteiger partial charge in [-0.15, -0.1) is 0 Å². The second-order valence-corrected chi connectivity index (χ2v) is 8.17. The van der Waals surface area contributed by atoms with E-state index in [1.54, 1.807) is 6.07 Å². The average Bonchev–Trinajstić information content (AvgIpc) is 2.69. The highest BCUT2D eigenvalue weighted by Crippen LogP contribution is 2.17. The molecule has 0 fully saturated rings. The van der Waals surface area contributed by atoms with Crippen molar-refractivity contribution < 1.29 is 22.7 Å². The molecule has 9 heteroatoms. The Morgan fingerprint density at radius 3 is 2.41 bits per heavy atom. The fraction of sp³-hybridized carbons (Fsp3) is 0.250. The molecule has 0 unspecified atom stereocenters. The quantitative estimate of drug-likeness (QED) is 0.667. The maximum atomic E-state index is 12.2. The number of sulfonamides is 1. The minimum atomic E-state index is -3.96. The number of amides is 1. The molecule has 1 atom stereocenters. The fourth-order valence-electron chi connectivity index (χ4n) is 2.34. The van der Waals surface area contributed by atoms with Crippen molar-refractivity contribution in [3.8, 4) is 6.07 Å². The third-order valence-electron chi connectivity index (χ3n) is 4.03. The van der Waals surface area contributed by atoms with E-state index >= 15 is 0 Å². The molecule has 0 aliphatic heterocycles. The van der Waals surface area contributed by atoms with Crippen molar-refractivity contribution in [1.29, 1.82) is 5.26 Å². The zero-order valence-electron chi connectivity index (χ0n) is 16.2. The highest BCUT2D eigenvalue weighted by atomic mass is 32.2. The van der Waals surface area contributed by atoms with Crippen molar-refractivity contribution in [2.45, 2.75) is 31.8 Å². The predicted molar refractivity (Wildman–Crippen MR) is 106 cm³/mol. The van der Waals surface area contributed by atoms with Crippen LogP contribution in [0.1, 0.15) is 23.6 Å². The van der Waals surface area contributed by atoms with Gasteiger partial charge in [0.1, 0.15) is 6.54 Å². The first kappa shape index (κ1) is 22.1. The summed E-state index contributed by atoms with van der Waals surface area (Å²) in [6.45, 7) is 4.49. The van der Waals surface area contributed by atoms with E-state index in [2.05, 4.69) is 10.0 Å². The van der Waals surface area contributed by atoms with Crippen LogP contribution < -0.4 is 10.0 Å². The number of esters is 1. The van der Waals surface area contributed by atoms with Crippen LogP contribution in [0.25, 0.3) is 0 Å². The van der Waals surface area contributed by atoms with E-state index in [1.165, 1.54) is 31.2 Å². The van der Waals surface area contributed by atoms with Gasteiger partial charge in [-0.3, -0.25) is 9.59 Å². The molecule has 29 heavy (non-hydrogen) atoms. The van der Waals surface area contributed by atoms with Gasteiger partial charge in [0.15, 0.2) is 6.10 Å². The van der Waals surface area contributed by atoms with E-state index in [1.807, 2.05) is 32.0 Å². The van der Waals surface area contributed by atoms with E-state index in [0.29, 0.717) is 11.3 Å². The molecule has 0 aromatic heterocycles. The van der Waals surface area contributed by atoms with Gasteiger partial charge in [-0.25, -0.2) is 8.42 Å². The van der Waals surface area contributed by atoms with Gasteiger partial charge in [-0.1, -0.05) is 12.1 Å². The zero-order valence-corrected chi connectivity index (χ0v) is 17.0. The van der Waals surface area contributed by atoms with Crippen LogP contribution in [0.15, 0.2) is 47.4 Å². The Bertz CT molecular complexity index is 1060. The Labute approximate surface area is 169 Å². The van der Waals surface area contributed by atoms with Crippen molar-refractivity contribution in [1.82, 2.24) is 4.72 Å². The predicted octanol–water partition coefficient (Wildman–Crippen LogP) is 2.02. The maximum Gasteiger partial charge on any atom is 0.321 e. The van der Waals surface area contributed by atoms with E-state index < -0.39 is 34.5 Å². The molecular formula is C20H21N3O5S. The van der Waals surface area contributed by atoms with Crippen molar-refractivity contribution in [2.75, 3.05) is 11.9 Å². The number of hydrogen-bond donors (Lipinski definition) is 2. The number of rotatable bonds is 7. The van der Waals surface area contributed by atoms with Gasteiger partial charge in [-0.2, -0.15) is 9.98 Å². The number of benzene rings is 2. The van der Waals surface area contributed by atoms with Gasteiger partial charge in [-0.05, 0) is 62.2 Å². The lowest BCUT2D eigenvalue weighted by Crippen LogP contribution is -2.36. The summed E-state index contributed by atoms with van der Waals surface area (Å²) in [4.78, 5) is 24.1. The maximum absolute atomic E-state index is 12.2. The summed E-state index contributed by atoms with van der Waals surface area (Å²) in [5.74, 6) is -1.42. The molecule has 2 rings (SSSR count). The van der Waals surface area contributed by atoms with E-state index in [9.17, 15) is 18.0 Å². The average molecular weight is 415 g/mol. The lowest BCUT2D eigenvalue weighted by Gasteiger charge is -2.15. The summed E-state index contributed by atoms with van der Waals surface area (Å²) in [7, 11) is -3.96. The number of carbonyl (C=O) groups excluding carboxylic acids is 2. The third-order valence-corrected chi connectivity index (χ3v) is 5.45. The third kappa shape index (κ3) is 6.14. The molecule has 152 valence electrons. The first-order chi connectivity index (χ1) is 13.6. The molecule has 2 aromatic carbocycles. The Hall–Kier alpha value is -3.22. The van der Waals surface area contributed by atoms with Crippen molar-refractivity contribution >= 4 is 27.6 Å². The number of hydrogen-bond acceptors (Lipinski definition) is 6. The molecule has 8 nitrogen and oxygen atoms in total. The molecule has 0 saturated heterocycles. The van der Waals surface area contributed by atoms with Crippen LogP contribution in [0.5, 0.6) is 0 Å². The van der Waals surface area contributed by atoms with Gasteiger partial charge in [0.05, 0.1) is 16.5 Å². The van der Waals surface area contributed by atoms with Gasteiger partial charge < -0.3 is 10.1 Å². The fourth-order valence-corrected chi connectivity index (χ4v) is 3.31. The SMILES string of the molecule is Cc1ccc(C)c(NC(=O)[C@@H](C)OC(=O)CNS(=O)(=O)c2ccc(C#N)cc2)c1. The van der Waals surface area contributed by atoms with E-state index in [0.717, 1.165) is 11.1 Å². The number of ether oxygens (including phenoxy) is 1. The number of nitrogens with one attached hydrogen (secondary N) is 2. The van der Waals surface area contributed by atoms with Crippen LogP contribution in [-0.2, 0) is 24.3 Å². The molecule has 0 heterocycles. The van der Waals surface area contributed by atoms with Crippen molar-refractivity contribution in [3.05, 3.63) is 59.2 Å². The summed E-state index contributed by atoms with van der Waals surface area (Å²) in [6.07, 6.45) is -1.11. The van der Waals surface area contributed by atoms with Crippen molar-refractivity contribution in [2.24, 2.45) is 0 Å². The number of nitriles is 1. The number of aryl methyl sites for hydroxylation is 2. The molecular weight excluding hydrogens is 394 g/mol. The number of anilines is 1. The summed E-state index contributed by atoms with van der Waals surface area (Å²) < 4.78 is 31.5. The Balaban J connectivity index is 1.91. The van der Waals surface area contributed by atoms with E-state index in [4.69, 9.17) is 10.00 Å². The molecule has 2 N–H and O–H groups in total. The zero-order chi connectivity index (χ0) is 21.6. The standard InChI is InChI=1S/C20H21N3O5S/c1-13-4-5-14(2)18(10-13)23-20(25)15(3)28-19(24)12-22-29(26,27)17-8-6-16(11-21)7-9-17/h4-10,15,22H,12H2,1-3H3,(H,23,25)/t15-/m1/s1. The summed E-state index contributed by atoms with van der Waals surface area (Å²) in [6, 6.07) is 12.7. The molecule has 0 spiro atoms. The van der Waals surface area contributed by atoms with Crippen molar-refractivity contribution in [3.63, 3.8) is 0 Å². The normalized spacial score (nSPS) is 11.9. The van der Waals surface area contributed by atoms with Crippen LogP contribution in [-0.4, -0.2) is 32.9 Å². The lowest BCUT2D eigenvalue weighted by molar-refractivity contribution is -0.151. The first-order valence-corrected chi connectivity index (χ1v) is 10.2. The Morgan fingerprint density at radius 1 is 1.14 bits per heavy atom. The van der Waals surface area contributed by atoms with Crippen LogP contribution >= 0.6 is 0 Å². The van der Waals surface area contributed by atoms with E-state index in [-0.39, 0.29) is 4.90 Å². The Morgan fingerprint density at radius 2 is 1.79 bits per heavy atom. The van der Waals surface area contributed by atoms with Gasteiger partial charge in [0, 0.05) is 5.69 Å². The number of carbonyl (C=O) groups is 2. The van der Waals surface area contributed by atoms with Crippen LogP contribution in [0.4, 0.5) is 5.69 Å². The summed E-state index contributed by atoms with van der Waals surface area (Å²) >= 11 is 0. The smallest absolute Gasteiger partial charge is 0.321 e. The molecule has 0 saturated carbocycles. The highest BCUT2D eigenvalue weighted by molar-refractivity contribution is 7.89. The molecule has 2 aromatic rings. The summed E-state index contributed by atoms with van der Waals surface area (Å²) in [5.41, 5.74) is 2.75. The second-order valence-electron chi connectivity index (χ2n) is 6.40. The summed E-state index contributed by atoms with van der Waals surface area (Å²) in [5, 5.41) is 11.4. The Kier molecular flexibility index (Phi) is 7.09. The molecule has 1 amide bonds. The van der Waals surface area contributed by atoms with Gasteiger partial charge in [0.2, 0.25) is 10.0 Å². The van der Waals surface area contributed by atoms with Crippen LogP contribution in [0, 0.1) is 25.2 Å².